The number of hydrogen-bond acceptors (Lipinski definition) is 5. The molecule has 1 aromatic heterocycles. The molecule has 1 fully saturated rings. The predicted molar refractivity (Wildman–Crippen MR) is 73.9 cm³/mol. The van der Waals surface area contributed by atoms with Crippen molar-refractivity contribution in [1.29, 1.82) is 0 Å². The van der Waals surface area contributed by atoms with Gasteiger partial charge in [0.25, 0.3) is 0 Å². The van der Waals surface area contributed by atoms with Crippen LogP contribution in [0.2, 0.25) is 0 Å². The topological polar surface area (TPSA) is 72.7 Å². The number of thioether (sulfide) groups is 1. The zero-order valence-corrected chi connectivity index (χ0v) is 12.3. The van der Waals surface area contributed by atoms with Crippen LogP contribution in [0.3, 0.4) is 0 Å². The SMILES string of the molecule is CC(C)CCCNC(=O)CSc1nnnn1C1CC1. The lowest BCUT2D eigenvalue weighted by Crippen LogP contribution is -2.26. The van der Waals surface area contributed by atoms with Crippen molar-refractivity contribution in [1.82, 2.24) is 25.5 Å². The van der Waals surface area contributed by atoms with E-state index in [1.807, 2.05) is 4.68 Å². The summed E-state index contributed by atoms with van der Waals surface area (Å²) in [5.41, 5.74) is 0. The molecule has 1 N–H and O–H groups in total. The monoisotopic (exact) mass is 283 g/mol. The highest BCUT2D eigenvalue weighted by Gasteiger charge is 2.28. The molecular formula is C12H21N5OS. The van der Waals surface area contributed by atoms with Crippen molar-refractivity contribution in [2.45, 2.75) is 50.7 Å². The first kappa shape index (κ1) is 14.3. The van der Waals surface area contributed by atoms with E-state index in [1.165, 1.54) is 11.8 Å². The summed E-state index contributed by atoms with van der Waals surface area (Å²) in [6, 6.07) is 0.451. The molecule has 1 heterocycles. The molecule has 1 amide bonds. The number of carbonyl (C=O) groups is 1. The van der Waals surface area contributed by atoms with Gasteiger partial charge in [0.05, 0.1) is 11.8 Å². The van der Waals surface area contributed by atoms with Gasteiger partial charge in [-0.1, -0.05) is 25.6 Å². The van der Waals surface area contributed by atoms with E-state index in [-0.39, 0.29) is 5.91 Å². The molecule has 0 radical (unpaired) electrons. The molecule has 7 heteroatoms. The molecule has 19 heavy (non-hydrogen) atoms. The number of tetrazole rings is 1. The first-order valence-electron chi connectivity index (χ1n) is 6.84. The second-order valence-electron chi connectivity index (χ2n) is 5.31. The lowest BCUT2D eigenvalue weighted by molar-refractivity contribution is -0.118. The Hall–Kier alpha value is -1.11. The summed E-state index contributed by atoms with van der Waals surface area (Å²) in [6.45, 7) is 5.13. The summed E-state index contributed by atoms with van der Waals surface area (Å²) in [7, 11) is 0. The van der Waals surface area contributed by atoms with Crippen molar-refractivity contribution in [2.75, 3.05) is 12.3 Å². The van der Waals surface area contributed by atoms with Crippen LogP contribution in [-0.2, 0) is 4.79 Å². The molecule has 0 aliphatic heterocycles. The van der Waals surface area contributed by atoms with Crippen molar-refractivity contribution < 1.29 is 4.79 Å². The van der Waals surface area contributed by atoms with Crippen molar-refractivity contribution in [3.63, 3.8) is 0 Å². The fraction of sp³-hybridized carbons (Fsp3) is 0.833. The zero-order chi connectivity index (χ0) is 13.7. The van der Waals surface area contributed by atoms with Gasteiger partial charge in [-0.2, -0.15) is 0 Å². The second-order valence-corrected chi connectivity index (χ2v) is 6.25. The van der Waals surface area contributed by atoms with E-state index in [2.05, 4.69) is 34.7 Å². The zero-order valence-electron chi connectivity index (χ0n) is 11.5. The quantitative estimate of drug-likeness (QED) is 0.580. The van der Waals surface area contributed by atoms with Crippen molar-refractivity contribution >= 4 is 17.7 Å². The van der Waals surface area contributed by atoms with Gasteiger partial charge in [0.2, 0.25) is 11.1 Å². The molecule has 6 nitrogen and oxygen atoms in total. The van der Waals surface area contributed by atoms with Gasteiger partial charge in [0.15, 0.2) is 0 Å². The Kier molecular flexibility index (Phi) is 5.18. The van der Waals surface area contributed by atoms with Crippen LogP contribution in [0, 0.1) is 5.92 Å². The number of nitrogens with zero attached hydrogens (tertiary/aromatic N) is 4. The molecule has 0 aromatic carbocycles. The normalized spacial score (nSPS) is 14.9. The van der Waals surface area contributed by atoms with Gasteiger partial charge in [-0.25, -0.2) is 4.68 Å². The van der Waals surface area contributed by atoms with Gasteiger partial charge in [-0.15, -0.1) is 5.10 Å². The van der Waals surface area contributed by atoms with Crippen molar-refractivity contribution in [3.8, 4) is 0 Å². The van der Waals surface area contributed by atoms with E-state index in [0.717, 1.165) is 37.4 Å². The largest absolute Gasteiger partial charge is 0.355 e. The number of nitrogens with one attached hydrogen (secondary N) is 1. The van der Waals surface area contributed by atoms with Crippen molar-refractivity contribution in [2.24, 2.45) is 5.92 Å². The van der Waals surface area contributed by atoms with Gasteiger partial charge >= 0.3 is 0 Å². The lowest BCUT2D eigenvalue weighted by Gasteiger charge is -2.06. The minimum Gasteiger partial charge on any atom is -0.355 e. The summed E-state index contributed by atoms with van der Waals surface area (Å²) in [5.74, 6) is 1.13. The highest BCUT2D eigenvalue weighted by molar-refractivity contribution is 7.99. The summed E-state index contributed by atoms with van der Waals surface area (Å²) < 4.78 is 1.83. The van der Waals surface area contributed by atoms with Crippen LogP contribution < -0.4 is 5.32 Å². The molecule has 0 spiro atoms. The molecule has 1 saturated carbocycles. The fourth-order valence-corrected chi connectivity index (χ4v) is 2.52. The average molecular weight is 283 g/mol. The van der Waals surface area contributed by atoms with Crippen LogP contribution in [0.1, 0.15) is 45.6 Å². The van der Waals surface area contributed by atoms with E-state index in [1.54, 1.807) is 0 Å². The summed E-state index contributed by atoms with van der Waals surface area (Å²) in [5, 5.41) is 15.3. The van der Waals surface area contributed by atoms with Gasteiger partial charge < -0.3 is 5.32 Å². The van der Waals surface area contributed by atoms with Gasteiger partial charge in [-0.05, 0) is 42.0 Å². The molecule has 0 saturated heterocycles. The maximum atomic E-state index is 11.7. The van der Waals surface area contributed by atoms with Crippen LogP contribution in [0.25, 0.3) is 0 Å². The average Bonchev–Trinajstić information content (AvgIpc) is 3.11. The van der Waals surface area contributed by atoms with E-state index in [9.17, 15) is 4.79 Å². The molecule has 1 aliphatic rings. The van der Waals surface area contributed by atoms with E-state index in [4.69, 9.17) is 0 Å². The van der Waals surface area contributed by atoms with Crippen LogP contribution >= 0.6 is 11.8 Å². The minimum atomic E-state index is 0.0547. The third-order valence-electron chi connectivity index (χ3n) is 2.97. The Morgan fingerprint density at radius 2 is 2.32 bits per heavy atom. The maximum absolute atomic E-state index is 11.7. The Bertz CT molecular complexity index is 416. The molecule has 1 aliphatic carbocycles. The molecule has 0 atom stereocenters. The van der Waals surface area contributed by atoms with Gasteiger partial charge in [0, 0.05) is 6.54 Å². The third kappa shape index (κ3) is 4.81. The third-order valence-corrected chi connectivity index (χ3v) is 3.90. The Morgan fingerprint density at radius 3 is 3.00 bits per heavy atom. The number of aromatic nitrogens is 4. The molecule has 0 unspecified atom stereocenters. The standard InChI is InChI=1S/C12H21N5OS/c1-9(2)4-3-7-13-11(18)8-19-12-14-15-16-17(12)10-5-6-10/h9-10H,3-8H2,1-2H3,(H,13,18). The minimum absolute atomic E-state index is 0.0547. The van der Waals surface area contributed by atoms with Gasteiger partial charge in [-0.3, -0.25) is 4.79 Å². The molecular weight excluding hydrogens is 262 g/mol. The highest BCUT2D eigenvalue weighted by atomic mass is 32.2. The number of amides is 1. The molecule has 106 valence electrons. The fourth-order valence-electron chi connectivity index (χ4n) is 1.75. The Labute approximate surface area is 117 Å². The van der Waals surface area contributed by atoms with E-state index in [0.29, 0.717) is 17.7 Å². The predicted octanol–water partition coefficient (Wildman–Crippen LogP) is 1.65. The van der Waals surface area contributed by atoms with E-state index < -0.39 is 0 Å². The number of hydrogen-bond donors (Lipinski definition) is 1. The molecule has 1 aromatic rings. The number of rotatable bonds is 8. The summed E-state index contributed by atoms with van der Waals surface area (Å²) in [4.78, 5) is 11.7. The first-order valence-corrected chi connectivity index (χ1v) is 7.82. The Morgan fingerprint density at radius 1 is 1.53 bits per heavy atom. The van der Waals surface area contributed by atoms with E-state index >= 15 is 0 Å². The highest BCUT2D eigenvalue weighted by Crippen LogP contribution is 2.36. The van der Waals surface area contributed by atoms with Crippen LogP contribution in [0.15, 0.2) is 5.16 Å². The Balaban J connectivity index is 1.64. The summed E-state index contributed by atoms with van der Waals surface area (Å²) >= 11 is 1.41. The maximum Gasteiger partial charge on any atom is 0.230 e. The molecule has 2 rings (SSSR count). The lowest BCUT2D eigenvalue weighted by atomic mass is 10.1. The second kappa shape index (κ2) is 6.88. The van der Waals surface area contributed by atoms with Crippen LogP contribution in [-0.4, -0.2) is 38.4 Å². The van der Waals surface area contributed by atoms with Crippen LogP contribution in [0.4, 0.5) is 0 Å². The number of carbonyl (C=O) groups excluding carboxylic acids is 1. The smallest absolute Gasteiger partial charge is 0.230 e. The molecule has 0 bridgehead atoms. The van der Waals surface area contributed by atoms with Gasteiger partial charge in [0.1, 0.15) is 0 Å². The van der Waals surface area contributed by atoms with Crippen molar-refractivity contribution in [3.05, 3.63) is 0 Å². The van der Waals surface area contributed by atoms with Crippen LogP contribution in [0.5, 0.6) is 0 Å². The first-order chi connectivity index (χ1) is 9.16. The summed E-state index contributed by atoms with van der Waals surface area (Å²) in [6.07, 6.45) is 4.46.